The number of carbonyl (C=O) groups excluding carboxylic acids is 1. The average Bonchev–Trinajstić information content (AvgIpc) is 3.25. The molecular formula is C18H23N7OS. The molecule has 3 heterocycles. The van der Waals surface area contributed by atoms with Gasteiger partial charge in [-0.3, -0.25) is 9.89 Å². The quantitative estimate of drug-likeness (QED) is 0.610. The van der Waals surface area contributed by atoms with E-state index in [-0.39, 0.29) is 11.9 Å². The lowest BCUT2D eigenvalue weighted by atomic mass is 10.2. The second-order valence-corrected chi connectivity index (χ2v) is 6.76. The summed E-state index contributed by atoms with van der Waals surface area (Å²) in [4.78, 5) is 16.9. The standard InChI is InChI=1S/C18H23N7OS/c1-4-14-13(11-21-25(14)15-7-5-6-9-19-15)17(26)20-10-8-16-22-23-18(27)24(16)12(2)3/h5-7,9,11-12H,4,8,10H2,1-3H3,(H,20,26)(H,23,27). The van der Waals surface area contributed by atoms with Gasteiger partial charge in [-0.05, 0) is 44.6 Å². The van der Waals surface area contributed by atoms with Crippen molar-refractivity contribution < 1.29 is 4.79 Å². The molecule has 0 atom stereocenters. The first-order chi connectivity index (χ1) is 13.0. The molecule has 27 heavy (non-hydrogen) atoms. The van der Waals surface area contributed by atoms with E-state index in [4.69, 9.17) is 12.2 Å². The predicted molar refractivity (Wildman–Crippen MR) is 105 cm³/mol. The maximum absolute atomic E-state index is 12.6. The Labute approximate surface area is 162 Å². The summed E-state index contributed by atoms with van der Waals surface area (Å²) in [5.74, 6) is 1.37. The van der Waals surface area contributed by atoms with Crippen molar-refractivity contribution in [2.24, 2.45) is 0 Å². The van der Waals surface area contributed by atoms with Gasteiger partial charge < -0.3 is 9.88 Å². The number of aromatic nitrogens is 6. The van der Waals surface area contributed by atoms with Gasteiger partial charge in [0.1, 0.15) is 5.82 Å². The zero-order chi connectivity index (χ0) is 19.4. The van der Waals surface area contributed by atoms with Gasteiger partial charge in [0, 0.05) is 25.2 Å². The van der Waals surface area contributed by atoms with Crippen molar-refractivity contribution in [1.29, 1.82) is 0 Å². The van der Waals surface area contributed by atoms with Crippen molar-refractivity contribution in [3.05, 3.63) is 52.4 Å². The molecule has 0 fully saturated rings. The van der Waals surface area contributed by atoms with Crippen LogP contribution in [0.2, 0.25) is 0 Å². The Hall–Kier alpha value is -2.81. The number of rotatable bonds is 7. The number of amides is 1. The van der Waals surface area contributed by atoms with Crippen LogP contribution in [0.5, 0.6) is 0 Å². The minimum atomic E-state index is -0.153. The third-order valence-corrected chi connectivity index (χ3v) is 4.53. The molecule has 0 saturated carbocycles. The van der Waals surface area contributed by atoms with Crippen molar-refractivity contribution in [1.82, 2.24) is 34.8 Å². The summed E-state index contributed by atoms with van der Waals surface area (Å²) >= 11 is 5.25. The van der Waals surface area contributed by atoms with Crippen LogP contribution in [0.1, 0.15) is 48.7 Å². The molecule has 0 spiro atoms. The Balaban J connectivity index is 1.71. The van der Waals surface area contributed by atoms with E-state index in [0.717, 1.165) is 11.5 Å². The van der Waals surface area contributed by atoms with Crippen LogP contribution in [-0.4, -0.2) is 42.0 Å². The van der Waals surface area contributed by atoms with E-state index >= 15 is 0 Å². The SMILES string of the molecule is CCc1c(C(=O)NCCc2n[nH]c(=S)n2C(C)C)cnn1-c1ccccn1. The Bertz CT molecular complexity index is 971. The minimum absolute atomic E-state index is 0.153. The lowest BCUT2D eigenvalue weighted by Gasteiger charge is -2.11. The van der Waals surface area contributed by atoms with Crippen molar-refractivity contribution in [2.75, 3.05) is 6.54 Å². The molecule has 0 aliphatic rings. The van der Waals surface area contributed by atoms with Gasteiger partial charge in [-0.15, -0.1) is 0 Å². The van der Waals surface area contributed by atoms with E-state index in [1.807, 2.05) is 43.5 Å². The number of carbonyl (C=O) groups is 1. The summed E-state index contributed by atoms with van der Waals surface area (Å²) in [5, 5.41) is 14.4. The van der Waals surface area contributed by atoms with Crippen LogP contribution in [0.3, 0.4) is 0 Å². The number of pyridine rings is 1. The summed E-state index contributed by atoms with van der Waals surface area (Å²) in [6, 6.07) is 5.82. The lowest BCUT2D eigenvalue weighted by molar-refractivity contribution is 0.0953. The van der Waals surface area contributed by atoms with Crippen LogP contribution in [0.15, 0.2) is 30.6 Å². The molecule has 3 aromatic heterocycles. The van der Waals surface area contributed by atoms with Crippen LogP contribution >= 0.6 is 12.2 Å². The number of nitrogens with zero attached hydrogens (tertiary/aromatic N) is 5. The number of aromatic amines is 1. The molecule has 0 aromatic carbocycles. The summed E-state index contributed by atoms with van der Waals surface area (Å²) in [7, 11) is 0. The molecule has 2 N–H and O–H groups in total. The molecule has 0 saturated heterocycles. The van der Waals surface area contributed by atoms with Crippen LogP contribution in [-0.2, 0) is 12.8 Å². The highest BCUT2D eigenvalue weighted by Crippen LogP contribution is 2.14. The van der Waals surface area contributed by atoms with E-state index < -0.39 is 0 Å². The fraction of sp³-hybridized carbons (Fsp3) is 0.389. The van der Waals surface area contributed by atoms with Crippen LogP contribution in [0, 0.1) is 4.77 Å². The maximum atomic E-state index is 12.6. The van der Waals surface area contributed by atoms with Gasteiger partial charge in [-0.2, -0.15) is 10.2 Å². The fourth-order valence-electron chi connectivity index (χ4n) is 3.01. The molecule has 0 aliphatic heterocycles. The zero-order valence-electron chi connectivity index (χ0n) is 15.6. The molecule has 3 aromatic rings. The summed E-state index contributed by atoms with van der Waals surface area (Å²) in [5.41, 5.74) is 1.39. The lowest BCUT2D eigenvalue weighted by Crippen LogP contribution is -2.27. The summed E-state index contributed by atoms with van der Waals surface area (Å²) in [6.07, 6.45) is 4.56. The Morgan fingerprint density at radius 2 is 2.19 bits per heavy atom. The molecule has 0 unspecified atom stereocenters. The van der Waals surface area contributed by atoms with Gasteiger partial charge in [-0.1, -0.05) is 13.0 Å². The largest absolute Gasteiger partial charge is 0.351 e. The Morgan fingerprint density at radius 1 is 1.37 bits per heavy atom. The van der Waals surface area contributed by atoms with Crippen LogP contribution < -0.4 is 5.32 Å². The van der Waals surface area contributed by atoms with E-state index in [0.29, 0.717) is 35.5 Å². The van der Waals surface area contributed by atoms with Crippen LogP contribution in [0.25, 0.3) is 5.82 Å². The molecule has 8 nitrogen and oxygen atoms in total. The van der Waals surface area contributed by atoms with Gasteiger partial charge in [0.25, 0.3) is 5.91 Å². The molecule has 0 aliphatic carbocycles. The summed E-state index contributed by atoms with van der Waals surface area (Å²) < 4.78 is 4.26. The Kier molecular flexibility index (Phi) is 5.80. The first kappa shape index (κ1) is 19.0. The van der Waals surface area contributed by atoms with Gasteiger partial charge in [0.15, 0.2) is 10.6 Å². The molecule has 0 bridgehead atoms. The van der Waals surface area contributed by atoms with Gasteiger partial charge in [0.2, 0.25) is 0 Å². The highest BCUT2D eigenvalue weighted by molar-refractivity contribution is 7.71. The van der Waals surface area contributed by atoms with Crippen molar-refractivity contribution in [3.63, 3.8) is 0 Å². The summed E-state index contributed by atoms with van der Waals surface area (Å²) in [6.45, 7) is 6.55. The van der Waals surface area contributed by atoms with Crippen molar-refractivity contribution in [2.45, 2.75) is 39.7 Å². The minimum Gasteiger partial charge on any atom is -0.351 e. The molecule has 0 radical (unpaired) electrons. The third-order valence-electron chi connectivity index (χ3n) is 4.24. The first-order valence-corrected chi connectivity index (χ1v) is 9.36. The zero-order valence-corrected chi connectivity index (χ0v) is 16.5. The monoisotopic (exact) mass is 385 g/mol. The van der Waals surface area contributed by atoms with Crippen molar-refractivity contribution >= 4 is 18.1 Å². The second kappa shape index (κ2) is 8.26. The highest BCUT2D eigenvalue weighted by atomic mass is 32.1. The third kappa shape index (κ3) is 3.97. The topological polar surface area (TPSA) is 93.4 Å². The van der Waals surface area contributed by atoms with Crippen LogP contribution in [0.4, 0.5) is 0 Å². The molecule has 9 heteroatoms. The number of H-pyrrole nitrogens is 1. The average molecular weight is 385 g/mol. The molecule has 3 rings (SSSR count). The number of hydrogen-bond donors (Lipinski definition) is 2. The fourth-order valence-corrected chi connectivity index (χ4v) is 3.37. The predicted octanol–water partition coefficient (Wildman–Crippen LogP) is 2.64. The molecule has 1 amide bonds. The number of nitrogens with one attached hydrogen (secondary N) is 2. The van der Waals surface area contributed by atoms with E-state index in [2.05, 4.69) is 25.6 Å². The molecular weight excluding hydrogens is 362 g/mol. The van der Waals surface area contributed by atoms with Crippen molar-refractivity contribution in [3.8, 4) is 5.82 Å². The highest BCUT2D eigenvalue weighted by Gasteiger charge is 2.18. The van der Waals surface area contributed by atoms with Gasteiger partial charge in [0.05, 0.1) is 17.5 Å². The Morgan fingerprint density at radius 3 is 2.85 bits per heavy atom. The smallest absolute Gasteiger partial charge is 0.254 e. The second-order valence-electron chi connectivity index (χ2n) is 6.37. The number of hydrogen-bond acceptors (Lipinski definition) is 5. The molecule has 142 valence electrons. The van der Waals surface area contributed by atoms with Gasteiger partial charge in [-0.25, -0.2) is 9.67 Å². The first-order valence-electron chi connectivity index (χ1n) is 8.95. The maximum Gasteiger partial charge on any atom is 0.254 e. The van der Waals surface area contributed by atoms with E-state index in [9.17, 15) is 4.79 Å². The van der Waals surface area contributed by atoms with E-state index in [1.54, 1.807) is 17.1 Å². The van der Waals surface area contributed by atoms with E-state index in [1.165, 1.54) is 0 Å². The van der Waals surface area contributed by atoms with Gasteiger partial charge >= 0.3 is 0 Å². The normalized spacial score (nSPS) is 11.1.